The minimum atomic E-state index is -0.290. The van der Waals surface area contributed by atoms with Crippen LogP contribution in [0.3, 0.4) is 0 Å². The van der Waals surface area contributed by atoms with Crippen LogP contribution in [0.1, 0.15) is 11.1 Å². The Morgan fingerprint density at radius 1 is 1.04 bits per heavy atom. The zero-order chi connectivity index (χ0) is 16.1. The molecule has 0 aromatic heterocycles. The number of hydrogen-bond acceptors (Lipinski definition) is 1. The van der Waals surface area contributed by atoms with E-state index in [1.165, 1.54) is 12.1 Å². The zero-order valence-corrected chi connectivity index (χ0v) is 14.2. The topological polar surface area (TPSA) is 9.23 Å². The van der Waals surface area contributed by atoms with Crippen LogP contribution in [-0.4, -0.2) is 4.99 Å². The Labute approximate surface area is 150 Å². The van der Waals surface area contributed by atoms with Gasteiger partial charge in [-0.25, -0.2) is 0 Å². The van der Waals surface area contributed by atoms with E-state index >= 15 is 0 Å². The largest absolute Gasteiger partial charge is 0.358 e. The maximum Gasteiger partial charge on any atom is -0.358 e. The zero-order valence-electron chi connectivity index (χ0n) is 13.2. The Bertz CT molecular complexity index is 815. The van der Waals surface area contributed by atoms with E-state index in [4.69, 9.17) is 19.8 Å². The normalized spacial score (nSPS) is 9.96. The Morgan fingerprint density at radius 2 is 1.83 bits per heavy atom. The van der Waals surface area contributed by atoms with Crippen molar-refractivity contribution in [1.29, 1.82) is 0 Å². The number of ether oxygens (including phenoxy) is 1. The van der Waals surface area contributed by atoms with E-state index in [1.807, 2.05) is 48.5 Å². The van der Waals surface area contributed by atoms with Crippen molar-refractivity contribution in [3.8, 4) is 16.9 Å². The van der Waals surface area contributed by atoms with Crippen molar-refractivity contribution in [3.63, 3.8) is 0 Å². The van der Waals surface area contributed by atoms with Gasteiger partial charge in [-0.3, -0.25) is 0 Å². The monoisotopic (exact) mass is 362 g/mol. The number of halogens is 1. The van der Waals surface area contributed by atoms with Crippen molar-refractivity contribution < 1.29 is 24.2 Å². The molecule has 126 valence electrons. The van der Waals surface area contributed by atoms with Crippen LogP contribution in [0.15, 0.2) is 66.7 Å². The summed E-state index contributed by atoms with van der Waals surface area (Å²) in [6.45, 7) is 0.493. The van der Waals surface area contributed by atoms with E-state index in [-0.39, 0.29) is 13.2 Å². The van der Waals surface area contributed by atoms with Crippen LogP contribution in [-0.2, 0) is 21.6 Å². The molecule has 0 radical (unpaired) electrons. The Balaban J connectivity index is 0.00000208. The fraction of sp³-hybridized carbons (Fsp3) is 0.0476. The van der Waals surface area contributed by atoms with Crippen LogP contribution >= 0.6 is 0 Å². The van der Waals surface area contributed by atoms with Crippen molar-refractivity contribution in [2.24, 2.45) is 0 Å². The molecule has 3 aromatic carbocycles. The molecular weight excluding hydrogens is 346 g/mol. The SMILES string of the molecule is Fc1cc[c-]c(-c2ccc(OCc3ccccc3)cc2[CH]=[Ni])c1.[CH3-]. The van der Waals surface area contributed by atoms with Gasteiger partial charge in [-0.2, -0.15) is 0 Å². The number of hydrogen-bond donors (Lipinski definition) is 0. The Hall–Kier alpha value is -2.25. The van der Waals surface area contributed by atoms with Gasteiger partial charge in [-0.05, 0) is 0 Å². The second kappa shape index (κ2) is 8.56. The fourth-order valence-electron chi connectivity index (χ4n) is 2.29. The standard InChI is InChI=1S/C20H14FO.CH3.Ni/c1-15-12-19(22-14-16-6-3-2-4-7-16)10-11-20(15)17-8-5-9-18(21)13-17;;/h1-7,9-13H,14H2;1H3;/q2*-1;. The van der Waals surface area contributed by atoms with Gasteiger partial charge < -0.3 is 7.43 Å². The third-order valence-corrected chi connectivity index (χ3v) is 3.73. The van der Waals surface area contributed by atoms with Gasteiger partial charge in [0.25, 0.3) is 0 Å². The van der Waals surface area contributed by atoms with Gasteiger partial charge in [0.15, 0.2) is 0 Å². The molecule has 0 aliphatic heterocycles. The molecule has 0 heterocycles. The molecule has 3 rings (SSSR count). The van der Waals surface area contributed by atoms with Crippen molar-refractivity contribution in [3.05, 3.63) is 97.2 Å². The van der Waals surface area contributed by atoms with Crippen molar-refractivity contribution >= 4 is 4.99 Å². The van der Waals surface area contributed by atoms with Crippen LogP contribution < -0.4 is 4.74 Å². The number of benzene rings is 3. The van der Waals surface area contributed by atoms with Gasteiger partial charge in [0.2, 0.25) is 0 Å². The molecule has 0 aliphatic carbocycles. The molecule has 0 aliphatic rings. The molecule has 3 heteroatoms. The average molecular weight is 363 g/mol. The molecule has 0 bridgehead atoms. The molecule has 0 saturated heterocycles. The van der Waals surface area contributed by atoms with Gasteiger partial charge in [0, 0.05) is 0 Å². The first-order valence-corrected chi connectivity index (χ1v) is 7.71. The maximum atomic E-state index is 13.4. The molecule has 0 saturated carbocycles. The third-order valence-electron chi connectivity index (χ3n) is 3.42. The molecule has 0 atom stereocenters. The van der Waals surface area contributed by atoms with Crippen LogP contribution in [0.25, 0.3) is 11.1 Å². The van der Waals surface area contributed by atoms with Gasteiger partial charge in [0.1, 0.15) is 0 Å². The van der Waals surface area contributed by atoms with E-state index in [1.54, 1.807) is 11.1 Å². The molecule has 0 unspecified atom stereocenters. The van der Waals surface area contributed by atoms with E-state index in [2.05, 4.69) is 6.07 Å². The summed E-state index contributed by atoms with van der Waals surface area (Å²) in [6, 6.07) is 23.0. The number of rotatable bonds is 5. The molecule has 0 amide bonds. The fourth-order valence-corrected chi connectivity index (χ4v) is 2.52. The van der Waals surface area contributed by atoms with Gasteiger partial charge in [-0.15, -0.1) is 0 Å². The van der Waals surface area contributed by atoms with Crippen LogP contribution in [0, 0.1) is 19.3 Å². The van der Waals surface area contributed by atoms with E-state index in [0.717, 1.165) is 22.4 Å². The predicted octanol–water partition coefficient (Wildman–Crippen LogP) is 5.02. The molecular formula is C21H17FNiO-2. The first-order valence-electron chi connectivity index (χ1n) is 7.14. The van der Waals surface area contributed by atoms with Gasteiger partial charge in [-0.1, -0.05) is 0 Å². The molecule has 3 aromatic rings. The quantitative estimate of drug-likeness (QED) is 0.457. The summed E-state index contributed by atoms with van der Waals surface area (Å²) < 4.78 is 19.2. The van der Waals surface area contributed by atoms with E-state index in [0.29, 0.717) is 12.2 Å². The molecule has 0 fully saturated rings. The molecule has 1 nitrogen and oxygen atoms in total. The van der Waals surface area contributed by atoms with Crippen LogP contribution in [0.2, 0.25) is 0 Å². The summed E-state index contributed by atoms with van der Waals surface area (Å²) in [5, 5.41) is 0. The Kier molecular flexibility index (Phi) is 6.46. The molecule has 24 heavy (non-hydrogen) atoms. The van der Waals surface area contributed by atoms with Crippen molar-refractivity contribution in [2.45, 2.75) is 6.61 Å². The summed E-state index contributed by atoms with van der Waals surface area (Å²) in [4.78, 5) is 1.61. The Morgan fingerprint density at radius 3 is 2.54 bits per heavy atom. The van der Waals surface area contributed by atoms with Gasteiger partial charge in [0.05, 0.1) is 0 Å². The minimum Gasteiger partial charge on any atom is -0.358 e. The second-order valence-electron chi connectivity index (χ2n) is 5.04. The molecule has 0 spiro atoms. The maximum absolute atomic E-state index is 13.4. The van der Waals surface area contributed by atoms with E-state index in [9.17, 15) is 4.39 Å². The summed E-state index contributed by atoms with van der Waals surface area (Å²) in [5.74, 6) is 0.444. The first-order chi connectivity index (χ1) is 11.3. The van der Waals surface area contributed by atoms with Crippen molar-refractivity contribution in [1.82, 2.24) is 0 Å². The summed E-state index contributed by atoms with van der Waals surface area (Å²) in [7, 11) is 0. The predicted molar refractivity (Wildman–Crippen MR) is 93.0 cm³/mol. The first kappa shape index (κ1) is 18.1. The molecule has 0 N–H and O–H groups in total. The summed E-state index contributed by atoms with van der Waals surface area (Å²) >= 11 is 4.77. The van der Waals surface area contributed by atoms with Gasteiger partial charge >= 0.3 is 142 Å². The van der Waals surface area contributed by atoms with Crippen LogP contribution in [0.5, 0.6) is 5.75 Å². The third kappa shape index (κ3) is 4.40. The summed E-state index contributed by atoms with van der Waals surface area (Å²) in [6.07, 6.45) is 0. The van der Waals surface area contributed by atoms with Crippen molar-refractivity contribution in [2.75, 3.05) is 0 Å². The average Bonchev–Trinajstić information content (AvgIpc) is 2.60. The smallest absolute Gasteiger partial charge is 0.358 e. The van der Waals surface area contributed by atoms with E-state index < -0.39 is 0 Å². The van der Waals surface area contributed by atoms with Crippen LogP contribution in [0.4, 0.5) is 4.39 Å². The minimum absolute atomic E-state index is 0. The summed E-state index contributed by atoms with van der Waals surface area (Å²) in [5.41, 5.74) is 3.46. The second-order valence-corrected chi connectivity index (χ2v) is 5.32.